The molecule has 1 aliphatic rings. The zero-order valence-corrected chi connectivity index (χ0v) is 10.6. The molecule has 88 valence electrons. The molecular formula is C13H19NOS. The predicted octanol–water partition coefficient (Wildman–Crippen LogP) is 3.65. The fraction of sp³-hybridized carbons (Fsp3) is 0.538. The SMILES string of the molecule is COc1csc(C(N)C2=CCCCCC2)c1. The zero-order chi connectivity index (χ0) is 11.4. The van der Waals surface area contributed by atoms with Gasteiger partial charge < -0.3 is 10.5 Å². The van der Waals surface area contributed by atoms with E-state index in [1.165, 1.54) is 36.1 Å². The number of methoxy groups -OCH3 is 1. The molecule has 0 aliphatic heterocycles. The van der Waals surface area contributed by atoms with E-state index in [4.69, 9.17) is 10.5 Å². The number of rotatable bonds is 3. The molecule has 3 heteroatoms. The van der Waals surface area contributed by atoms with Crippen LogP contribution in [-0.4, -0.2) is 7.11 Å². The zero-order valence-electron chi connectivity index (χ0n) is 9.74. The van der Waals surface area contributed by atoms with Gasteiger partial charge in [-0.15, -0.1) is 11.3 Å². The lowest BCUT2D eigenvalue weighted by molar-refractivity contribution is 0.416. The Morgan fingerprint density at radius 3 is 3.00 bits per heavy atom. The van der Waals surface area contributed by atoms with Gasteiger partial charge in [-0.1, -0.05) is 18.1 Å². The van der Waals surface area contributed by atoms with Crippen molar-refractivity contribution in [2.75, 3.05) is 7.11 Å². The molecule has 1 heterocycles. The Balaban J connectivity index is 2.10. The van der Waals surface area contributed by atoms with E-state index in [1.54, 1.807) is 18.4 Å². The van der Waals surface area contributed by atoms with Gasteiger partial charge in [0, 0.05) is 10.3 Å². The third-order valence-electron chi connectivity index (χ3n) is 3.11. The molecule has 0 spiro atoms. The molecule has 1 aromatic rings. The highest BCUT2D eigenvalue weighted by atomic mass is 32.1. The van der Waals surface area contributed by atoms with Crippen molar-refractivity contribution in [3.8, 4) is 5.75 Å². The average Bonchev–Trinajstić information content (AvgIpc) is 2.62. The Labute approximate surface area is 101 Å². The van der Waals surface area contributed by atoms with Crippen LogP contribution in [0.15, 0.2) is 23.1 Å². The van der Waals surface area contributed by atoms with Gasteiger partial charge in [0.25, 0.3) is 0 Å². The van der Waals surface area contributed by atoms with E-state index in [9.17, 15) is 0 Å². The summed E-state index contributed by atoms with van der Waals surface area (Å²) in [6.45, 7) is 0. The lowest BCUT2D eigenvalue weighted by atomic mass is 10.0. The normalized spacial score (nSPS) is 18.8. The minimum Gasteiger partial charge on any atom is -0.496 e. The maximum atomic E-state index is 6.29. The standard InChI is InChI=1S/C13H19NOS/c1-15-11-8-12(16-9-11)13(14)10-6-4-2-3-5-7-10/h6,8-9,13H,2-5,7,14H2,1H3. The third kappa shape index (κ3) is 2.66. The van der Waals surface area contributed by atoms with Gasteiger partial charge >= 0.3 is 0 Å². The minimum atomic E-state index is 0.0759. The van der Waals surface area contributed by atoms with Gasteiger partial charge in [-0.2, -0.15) is 0 Å². The van der Waals surface area contributed by atoms with Crippen molar-refractivity contribution in [3.05, 3.63) is 28.0 Å². The van der Waals surface area contributed by atoms with Gasteiger partial charge in [-0.05, 0) is 31.7 Å². The molecule has 2 nitrogen and oxygen atoms in total. The molecule has 0 saturated carbocycles. The molecule has 0 radical (unpaired) electrons. The number of hydrogen-bond donors (Lipinski definition) is 1. The third-order valence-corrected chi connectivity index (χ3v) is 4.11. The molecule has 1 unspecified atom stereocenters. The predicted molar refractivity (Wildman–Crippen MR) is 69.0 cm³/mol. The molecule has 0 saturated heterocycles. The average molecular weight is 237 g/mol. The fourth-order valence-corrected chi connectivity index (χ4v) is 3.01. The van der Waals surface area contributed by atoms with Crippen molar-refractivity contribution in [3.63, 3.8) is 0 Å². The maximum Gasteiger partial charge on any atom is 0.129 e. The highest BCUT2D eigenvalue weighted by Gasteiger charge is 2.15. The quantitative estimate of drug-likeness (QED) is 0.814. The van der Waals surface area contributed by atoms with Crippen LogP contribution in [0.3, 0.4) is 0 Å². The molecule has 0 bridgehead atoms. The van der Waals surface area contributed by atoms with Crippen molar-refractivity contribution in [2.45, 2.75) is 38.1 Å². The van der Waals surface area contributed by atoms with Crippen LogP contribution in [0.1, 0.15) is 43.0 Å². The Kier molecular flexibility index (Phi) is 4.02. The van der Waals surface area contributed by atoms with Gasteiger partial charge in [-0.25, -0.2) is 0 Å². The van der Waals surface area contributed by atoms with Crippen molar-refractivity contribution in [2.24, 2.45) is 5.73 Å². The highest BCUT2D eigenvalue weighted by molar-refractivity contribution is 7.10. The molecule has 2 N–H and O–H groups in total. The second-order valence-electron chi connectivity index (χ2n) is 4.24. The van der Waals surface area contributed by atoms with Crippen LogP contribution in [-0.2, 0) is 0 Å². The molecule has 16 heavy (non-hydrogen) atoms. The lowest BCUT2D eigenvalue weighted by Gasteiger charge is -2.13. The fourth-order valence-electron chi connectivity index (χ4n) is 2.11. The van der Waals surface area contributed by atoms with Gasteiger partial charge in [0.2, 0.25) is 0 Å². The number of ether oxygens (including phenoxy) is 1. The van der Waals surface area contributed by atoms with Crippen LogP contribution in [0.4, 0.5) is 0 Å². The molecular weight excluding hydrogens is 218 g/mol. The summed E-state index contributed by atoms with van der Waals surface area (Å²) in [5.74, 6) is 0.921. The molecule has 1 atom stereocenters. The summed E-state index contributed by atoms with van der Waals surface area (Å²) in [6, 6.07) is 2.13. The first-order chi connectivity index (χ1) is 7.81. The molecule has 1 aromatic heterocycles. The second kappa shape index (κ2) is 5.51. The first-order valence-electron chi connectivity index (χ1n) is 5.88. The molecule has 1 aliphatic carbocycles. The summed E-state index contributed by atoms with van der Waals surface area (Å²) in [4.78, 5) is 1.21. The second-order valence-corrected chi connectivity index (χ2v) is 5.19. The molecule has 0 aromatic carbocycles. The minimum absolute atomic E-state index is 0.0759. The molecule has 2 rings (SSSR count). The van der Waals surface area contributed by atoms with Crippen molar-refractivity contribution >= 4 is 11.3 Å². The summed E-state index contributed by atoms with van der Waals surface area (Å²) in [6.07, 6.45) is 8.60. The van der Waals surface area contributed by atoms with Crippen LogP contribution in [0.2, 0.25) is 0 Å². The van der Waals surface area contributed by atoms with Crippen LogP contribution in [0.5, 0.6) is 5.75 Å². The van der Waals surface area contributed by atoms with E-state index >= 15 is 0 Å². The largest absolute Gasteiger partial charge is 0.496 e. The summed E-state index contributed by atoms with van der Waals surface area (Å²) in [5, 5.41) is 2.02. The van der Waals surface area contributed by atoms with Crippen LogP contribution in [0.25, 0.3) is 0 Å². The first kappa shape index (κ1) is 11.7. The van der Waals surface area contributed by atoms with Crippen molar-refractivity contribution in [1.82, 2.24) is 0 Å². The van der Waals surface area contributed by atoms with Crippen LogP contribution < -0.4 is 10.5 Å². The number of thiophene rings is 1. The number of hydrogen-bond acceptors (Lipinski definition) is 3. The summed E-state index contributed by atoms with van der Waals surface area (Å²) in [7, 11) is 1.70. The summed E-state index contributed by atoms with van der Waals surface area (Å²) >= 11 is 1.69. The monoisotopic (exact) mass is 237 g/mol. The van der Waals surface area contributed by atoms with Gasteiger partial charge in [0.05, 0.1) is 13.2 Å². The van der Waals surface area contributed by atoms with Gasteiger partial charge in [0.1, 0.15) is 5.75 Å². The Bertz CT molecular complexity index is 370. The van der Waals surface area contributed by atoms with E-state index in [-0.39, 0.29) is 6.04 Å². The lowest BCUT2D eigenvalue weighted by Crippen LogP contribution is -2.11. The van der Waals surface area contributed by atoms with Crippen LogP contribution in [0, 0.1) is 0 Å². The Hall–Kier alpha value is -0.800. The highest BCUT2D eigenvalue weighted by Crippen LogP contribution is 2.32. The number of nitrogens with two attached hydrogens (primary N) is 1. The van der Waals surface area contributed by atoms with E-state index in [0.29, 0.717) is 0 Å². The van der Waals surface area contributed by atoms with Gasteiger partial charge in [-0.3, -0.25) is 0 Å². The van der Waals surface area contributed by atoms with Gasteiger partial charge in [0.15, 0.2) is 0 Å². The topological polar surface area (TPSA) is 35.2 Å². The smallest absolute Gasteiger partial charge is 0.129 e. The summed E-state index contributed by atoms with van der Waals surface area (Å²) in [5.41, 5.74) is 7.70. The molecule has 0 amide bonds. The number of allylic oxidation sites excluding steroid dienone is 1. The van der Waals surface area contributed by atoms with Crippen molar-refractivity contribution < 1.29 is 4.74 Å². The maximum absolute atomic E-state index is 6.29. The van der Waals surface area contributed by atoms with Crippen molar-refractivity contribution in [1.29, 1.82) is 0 Å². The van der Waals surface area contributed by atoms with Crippen LogP contribution >= 0.6 is 11.3 Å². The summed E-state index contributed by atoms with van der Waals surface area (Å²) < 4.78 is 5.19. The van der Waals surface area contributed by atoms with E-state index < -0.39 is 0 Å². The molecule has 0 fully saturated rings. The Morgan fingerprint density at radius 2 is 2.25 bits per heavy atom. The van der Waals surface area contributed by atoms with E-state index in [0.717, 1.165) is 12.2 Å². The first-order valence-corrected chi connectivity index (χ1v) is 6.76. The Morgan fingerprint density at radius 1 is 1.38 bits per heavy atom. The van der Waals surface area contributed by atoms with E-state index in [2.05, 4.69) is 12.1 Å². The van der Waals surface area contributed by atoms with E-state index in [1.807, 2.05) is 5.38 Å².